The first-order chi connectivity index (χ1) is 36.7. The number of Topliss-reactive ketones (excluding diaryl/α,β-unsaturated/α-hetero) is 2. The van der Waals surface area contributed by atoms with Crippen molar-refractivity contribution in [3.63, 3.8) is 0 Å². The Balaban J connectivity index is 0.000000462. The number of hydrogen-bond donors (Lipinski definition) is 8. The molecular formula is C44H37Cl14N7O14. The highest BCUT2D eigenvalue weighted by atomic mass is 35.6. The van der Waals surface area contributed by atoms with Crippen LogP contribution in [0.15, 0.2) is 67.3 Å². The SMILES string of the molecule is COC(=O)c1[nH]c(C(=O)O)c(Cl)c1Cl.COC(=O)c1[nH]cc(Cl)c1Cl.COC(=O)c1cc(Cl)c(Cl)[nH]1.COC(=O)c1cc(Cl)c[nH]1.COC(=O)c1ccc(C)[nH]1.O=C(c1cc(Cl)c[nH]1)C(Cl)(Cl)Cl.O=C(c1ccc[nH]1)C(Cl)(Cl)Cl. The molecule has 430 valence electrons. The van der Waals surface area contributed by atoms with E-state index in [-0.39, 0.29) is 54.7 Å². The molecule has 0 atom stereocenters. The number of nitrogens with one attached hydrogen (secondary N) is 7. The van der Waals surface area contributed by atoms with E-state index < -0.39 is 49.0 Å². The maximum absolute atomic E-state index is 11.2. The van der Waals surface area contributed by atoms with Crippen molar-refractivity contribution in [2.24, 2.45) is 0 Å². The normalized spacial score (nSPS) is 10.2. The zero-order valence-electron chi connectivity index (χ0n) is 40.4. The van der Waals surface area contributed by atoms with Gasteiger partial charge >= 0.3 is 35.8 Å². The molecule has 0 aliphatic carbocycles. The number of carbonyl (C=O) groups is 8. The van der Waals surface area contributed by atoms with Crippen LogP contribution in [0, 0.1) is 6.92 Å². The number of aromatic nitrogens is 7. The summed E-state index contributed by atoms with van der Waals surface area (Å²) >= 11 is 76.5. The Bertz CT molecular complexity index is 3090. The molecule has 0 fully saturated rings. The summed E-state index contributed by atoms with van der Waals surface area (Å²) < 4.78 is 18.3. The molecule has 0 aliphatic heterocycles. The van der Waals surface area contributed by atoms with E-state index in [1.807, 2.05) is 13.0 Å². The summed E-state index contributed by atoms with van der Waals surface area (Å²) in [7, 11) is 6.38. The standard InChI is InChI=1S/C7H5Cl2NO4.C7H9NO2.C6H3Cl4NO.C6H4Cl3NO.2C6H5Cl2NO2.C6H6ClNO2/c1-14-7(13)5-3(9)2(8)4(10-5)6(11)12;1-5-3-4-6(8-5)7(9)10-2;7-3-1-4(11-2-3)5(12)6(8,9)10;7-6(8,9)5(11)4-2-1-3-10-4;1-11-6(10)5-4(8)3(7)2-9-5;1-11-6(10)4-2-3(7)5(8)9-4;1-10-6(9)5-2-4(7)3-8-5/h10H,1H3,(H,11,12);3-4,8H,1-2H3;1-2,11H;1-3,10H;2*2,9H,1H3;2-3,8H,1H3. The fourth-order valence-electron chi connectivity index (χ4n) is 4.71. The van der Waals surface area contributed by atoms with Gasteiger partial charge in [-0.1, -0.05) is 162 Å². The average Bonchev–Trinajstić information content (AvgIpc) is 4.30. The molecule has 0 amide bonds. The number of aryl methyl sites for hydroxylation is 1. The molecule has 7 rings (SSSR count). The second kappa shape index (κ2) is 34.5. The van der Waals surface area contributed by atoms with Crippen LogP contribution in [0.2, 0.25) is 40.3 Å². The van der Waals surface area contributed by atoms with Gasteiger partial charge in [-0.05, 0) is 49.4 Å². The van der Waals surface area contributed by atoms with E-state index in [1.165, 1.54) is 65.2 Å². The number of aromatic amines is 7. The highest BCUT2D eigenvalue weighted by molar-refractivity contribution is 6.78. The lowest BCUT2D eigenvalue weighted by Gasteiger charge is -2.06. The molecule has 0 saturated heterocycles. The van der Waals surface area contributed by atoms with Crippen molar-refractivity contribution in [2.75, 3.05) is 35.5 Å². The number of ether oxygens (including phenoxy) is 5. The van der Waals surface area contributed by atoms with Crippen LogP contribution in [0.1, 0.15) is 89.6 Å². The van der Waals surface area contributed by atoms with Crippen LogP contribution >= 0.6 is 162 Å². The molecule has 0 aliphatic rings. The molecule has 0 saturated carbocycles. The Morgan fingerprint density at radius 3 is 1.25 bits per heavy atom. The minimum atomic E-state index is -1.94. The van der Waals surface area contributed by atoms with Crippen molar-refractivity contribution in [3.05, 3.63) is 159 Å². The van der Waals surface area contributed by atoms with Gasteiger partial charge in [0.2, 0.25) is 11.6 Å². The molecule has 79 heavy (non-hydrogen) atoms. The molecule has 0 bridgehead atoms. The summed E-state index contributed by atoms with van der Waals surface area (Å²) in [5, 5.41) is 10.2. The predicted octanol–water partition coefficient (Wildman–Crippen LogP) is 14.4. The molecule has 7 heterocycles. The van der Waals surface area contributed by atoms with Gasteiger partial charge in [0.15, 0.2) is 0 Å². The van der Waals surface area contributed by atoms with Crippen LogP contribution in [0.5, 0.6) is 0 Å². The van der Waals surface area contributed by atoms with Gasteiger partial charge < -0.3 is 63.7 Å². The minimum absolute atomic E-state index is 0.157. The van der Waals surface area contributed by atoms with E-state index in [2.05, 4.69) is 58.6 Å². The van der Waals surface area contributed by atoms with E-state index >= 15 is 0 Å². The predicted molar refractivity (Wildman–Crippen MR) is 303 cm³/mol. The quantitative estimate of drug-likeness (QED) is 0.0304. The number of carboxylic acid groups (broad SMARTS) is 1. The number of carboxylic acids is 1. The van der Waals surface area contributed by atoms with Crippen LogP contribution in [0.4, 0.5) is 0 Å². The van der Waals surface area contributed by atoms with Crippen molar-refractivity contribution < 1.29 is 67.1 Å². The molecule has 35 heteroatoms. The highest BCUT2D eigenvalue weighted by Gasteiger charge is 2.33. The van der Waals surface area contributed by atoms with Crippen molar-refractivity contribution in [3.8, 4) is 0 Å². The van der Waals surface area contributed by atoms with Gasteiger partial charge in [-0.15, -0.1) is 0 Å². The number of halogens is 14. The van der Waals surface area contributed by atoms with Crippen LogP contribution < -0.4 is 0 Å². The van der Waals surface area contributed by atoms with Gasteiger partial charge in [0.1, 0.15) is 39.3 Å². The third kappa shape index (κ3) is 24.0. The summed E-state index contributed by atoms with van der Waals surface area (Å²) in [6.45, 7) is 1.88. The van der Waals surface area contributed by atoms with Gasteiger partial charge in [-0.2, -0.15) is 0 Å². The van der Waals surface area contributed by atoms with Crippen LogP contribution in [-0.2, 0) is 23.7 Å². The molecule has 0 radical (unpaired) electrons. The summed E-state index contributed by atoms with van der Waals surface area (Å²) in [5.41, 5.74) is 2.23. The van der Waals surface area contributed by atoms with Crippen molar-refractivity contribution in [1.82, 2.24) is 34.9 Å². The zero-order chi connectivity index (χ0) is 60.7. The largest absolute Gasteiger partial charge is 0.477 e. The zero-order valence-corrected chi connectivity index (χ0v) is 51.0. The number of alkyl halides is 6. The molecule has 0 unspecified atom stereocenters. The first kappa shape index (κ1) is 72.2. The number of carbonyl (C=O) groups excluding carboxylic acids is 7. The van der Waals surface area contributed by atoms with E-state index in [9.17, 15) is 38.4 Å². The number of rotatable bonds is 8. The maximum Gasteiger partial charge on any atom is 0.356 e. The summed E-state index contributed by atoms with van der Waals surface area (Å²) in [6.07, 6.45) is 5.97. The molecule has 7 aromatic heterocycles. The Morgan fingerprint density at radius 1 is 0.443 bits per heavy atom. The van der Waals surface area contributed by atoms with Gasteiger partial charge in [-0.3, -0.25) is 9.59 Å². The monoisotopic (exact) mass is 1380 g/mol. The van der Waals surface area contributed by atoms with Gasteiger partial charge in [0.05, 0.1) is 82.1 Å². The fourth-order valence-corrected chi connectivity index (χ4v) is 6.73. The minimum Gasteiger partial charge on any atom is -0.477 e. The molecular weight excluding hydrogens is 1350 g/mol. The van der Waals surface area contributed by atoms with E-state index in [0.717, 1.165) is 12.8 Å². The Labute approximate surface area is 516 Å². The Morgan fingerprint density at radius 2 is 0.899 bits per heavy atom. The average molecular weight is 1380 g/mol. The Kier molecular flexibility index (Phi) is 31.5. The summed E-state index contributed by atoms with van der Waals surface area (Å²) in [4.78, 5) is 105. The van der Waals surface area contributed by atoms with Crippen LogP contribution in [-0.4, -0.2) is 131 Å². The molecule has 7 aromatic rings. The number of H-pyrrole nitrogens is 7. The smallest absolute Gasteiger partial charge is 0.356 e. The summed E-state index contributed by atoms with van der Waals surface area (Å²) in [5.74, 6) is -5.00. The lowest BCUT2D eigenvalue weighted by molar-refractivity contribution is 0.0585. The lowest BCUT2D eigenvalue weighted by atomic mass is 10.3. The number of hydrogen-bond acceptors (Lipinski definition) is 13. The van der Waals surface area contributed by atoms with Gasteiger partial charge in [0, 0.05) is 30.5 Å². The molecule has 0 aromatic carbocycles. The van der Waals surface area contributed by atoms with Gasteiger partial charge in [-0.25, -0.2) is 28.8 Å². The van der Waals surface area contributed by atoms with Gasteiger partial charge in [0.25, 0.3) is 7.59 Å². The van der Waals surface area contributed by atoms with Crippen LogP contribution in [0.25, 0.3) is 0 Å². The Hall–Kier alpha value is -4.82. The van der Waals surface area contributed by atoms with E-state index in [1.54, 1.807) is 24.4 Å². The number of ketones is 2. The second-order valence-corrected chi connectivity index (χ2v) is 21.5. The number of methoxy groups -OCH3 is 5. The molecule has 0 spiro atoms. The number of esters is 5. The third-order valence-electron chi connectivity index (χ3n) is 8.32. The van der Waals surface area contributed by atoms with Crippen molar-refractivity contribution in [2.45, 2.75) is 14.5 Å². The third-order valence-corrected chi connectivity index (χ3v) is 12.1. The first-order valence-corrected chi connectivity index (χ1v) is 25.5. The summed E-state index contributed by atoms with van der Waals surface area (Å²) in [6, 6.07) is 11.0. The first-order valence-electron chi connectivity index (χ1n) is 20.2. The van der Waals surface area contributed by atoms with E-state index in [0.29, 0.717) is 37.2 Å². The lowest BCUT2D eigenvalue weighted by Crippen LogP contribution is -2.18. The maximum atomic E-state index is 11.2. The van der Waals surface area contributed by atoms with E-state index in [4.69, 9.17) is 168 Å². The van der Waals surface area contributed by atoms with Crippen molar-refractivity contribution in [1.29, 1.82) is 0 Å². The van der Waals surface area contributed by atoms with Crippen LogP contribution in [0.3, 0.4) is 0 Å². The highest BCUT2D eigenvalue weighted by Crippen LogP contribution is 2.32. The molecule has 21 nitrogen and oxygen atoms in total. The number of aromatic carboxylic acids is 1. The van der Waals surface area contributed by atoms with Crippen molar-refractivity contribution >= 4 is 210 Å². The second-order valence-electron chi connectivity index (χ2n) is 13.7. The topological polar surface area (TPSA) is 313 Å². The fraction of sp³-hybridized carbons (Fsp3) is 0.182. The molecule has 8 N–H and O–H groups in total.